The lowest BCUT2D eigenvalue weighted by Gasteiger charge is -2.12. The van der Waals surface area contributed by atoms with Gasteiger partial charge in [-0.05, 0) is 43.3 Å². The number of carbonyl (C=O) groups is 1. The van der Waals surface area contributed by atoms with E-state index in [1.165, 1.54) is 12.1 Å². The van der Waals surface area contributed by atoms with Crippen LogP contribution >= 0.6 is 23.4 Å². The highest BCUT2D eigenvalue weighted by Gasteiger charge is 2.31. The van der Waals surface area contributed by atoms with Crippen LogP contribution in [0.1, 0.15) is 23.9 Å². The average molecular weight is 539 g/mol. The molecule has 0 radical (unpaired) electrons. The van der Waals surface area contributed by atoms with Gasteiger partial charge >= 0.3 is 12.4 Å². The molecule has 14 heteroatoms. The van der Waals surface area contributed by atoms with Gasteiger partial charge in [-0.2, -0.15) is 26.3 Å². The summed E-state index contributed by atoms with van der Waals surface area (Å²) in [7, 11) is 0. The Balaban J connectivity index is 1.62. The van der Waals surface area contributed by atoms with Crippen molar-refractivity contribution in [1.82, 2.24) is 14.8 Å². The molecule has 0 atom stereocenters. The number of hydrogen-bond acceptors (Lipinski definition) is 5. The molecule has 0 aliphatic carbocycles. The molecule has 3 aromatic rings. The van der Waals surface area contributed by atoms with Gasteiger partial charge in [-0.1, -0.05) is 29.4 Å². The molecule has 2 aromatic carbocycles. The number of nitrogens with zero attached hydrogens (tertiary/aromatic N) is 3. The summed E-state index contributed by atoms with van der Waals surface area (Å²) >= 11 is 6.86. The van der Waals surface area contributed by atoms with Crippen LogP contribution in [0.15, 0.2) is 47.6 Å². The van der Waals surface area contributed by atoms with E-state index >= 15 is 0 Å². The van der Waals surface area contributed by atoms with Gasteiger partial charge in [-0.3, -0.25) is 4.79 Å². The number of amides is 1. The van der Waals surface area contributed by atoms with Crippen LogP contribution in [0.4, 0.5) is 32.0 Å². The summed E-state index contributed by atoms with van der Waals surface area (Å²) in [5.74, 6) is -0.520. The highest BCUT2D eigenvalue weighted by molar-refractivity contribution is 7.99. The first kappa shape index (κ1) is 26.7. The Kier molecular flexibility index (Phi) is 8.21. The molecule has 0 aliphatic heterocycles. The molecule has 1 amide bonds. The largest absolute Gasteiger partial charge is 0.486 e. The van der Waals surface area contributed by atoms with Crippen molar-refractivity contribution in [2.45, 2.75) is 37.6 Å². The number of halogens is 7. The number of hydrogen-bond donors (Lipinski definition) is 1. The third-order valence-electron chi connectivity index (χ3n) is 4.54. The Morgan fingerprint density at radius 1 is 1.06 bits per heavy atom. The van der Waals surface area contributed by atoms with Gasteiger partial charge in [-0.15, -0.1) is 10.2 Å². The molecule has 0 saturated heterocycles. The molecule has 35 heavy (non-hydrogen) atoms. The maximum atomic E-state index is 12.9. The summed E-state index contributed by atoms with van der Waals surface area (Å²) in [6.07, 6.45) is -9.10. The lowest BCUT2D eigenvalue weighted by Crippen LogP contribution is -2.16. The van der Waals surface area contributed by atoms with E-state index in [-0.39, 0.29) is 28.8 Å². The van der Waals surface area contributed by atoms with Crippen molar-refractivity contribution in [2.24, 2.45) is 0 Å². The second kappa shape index (κ2) is 10.8. The van der Waals surface area contributed by atoms with Gasteiger partial charge in [0.05, 0.1) is 27.6 Å². The maximum absolute atomic E-state index is 12.9. The number of ether oxygens (including phenoxy) is 1. The first-order valence-corrected chi connectivity index (χ1v) is 11.3. The summed E-state index contributed by atoms with van der Waals surface area (Å²) in [5, 5.41) is 10.5. The molecule has 188 valence electrons. The summed E-state index contributed by atoms with van der Waals surface area (Å²) in [4.78, 5) is 12.3. The molecular formula is C21H17ClF6N4O2S. The fraction of sp³-hybridized carbons (Fsp3) is 0.286. The van der Waals surface area contributed by atoms with E-state index in [0.29, 0.717) is 17.5 Å². The van der Waals surface area contributed by atoms with Gasteiger partial charge in [0.1, 0.15) is 12.4 Å². The zero-order valence-electron chi connectivity index (χ0n) is 17.9. The van der Waals surface area contributed by atoms with E-state index in [0.717, 1.165) is 42.1 Å². The lowest BCUT2D eigenvalue weighted by molar-refractivity contribution is -0.138. The Morgan fingerprint density at radius 2 is 1.74 bits per heavy atom. The van der Waals surface area contributed by atoms with E-state index in [4.69, 9.17) is 16.3 Å². The van der Waals surface area contributed by atoms with Gasteiger partial charge < -0.3 is 14.6 Å². The quantitative estimate of drug-likeness (QED) is 0.269. The minimum atomic E-state index is -4.59. The SMILES string of the molecule is CCn1c(COc2cccc(C(F)(F)F)c2)nnc1SCC(=O)Nc1cc(C(F)(F)F)ccc1Cl. The van der Waals surface area contributed by atoms with Crippen molar-refractivity contribution in [1.29, 1.82) is 0 Å². The smallest absolute Gasteiger partial charge is 0.416 e. The molecular weight excluding hydrogens is 522 g/mol. The normalized spacial score (nSPS) is 12.0. The van der Waals surface area contributed by atoms with Crippen molar-refractivity contribution < 1.29 is 35.9 Å². The Morgan fingerprint density at radius 3 is 2.40 bits per heavy atom. The molecule has 1 heterocycles. The topological polar surface area (TPSA) is 69.0 Å². The van der Waals surface area contributed by atoms with Gasteiger partial charge in [-0.25, -0.2) is 0 Å². The monoisotopic (exact) mass is 538 g/mol. The summed E-state index contributed by atoms with van der Waals surface area (Å²) < 4.78 is 84.3. The third kappa shape index (κ3) is 7.04. The van der Waals surface area contributed by atoms with Crippen molar-refractivity contribution in [3.05, 3.63) is 64.4 Å². The molecule has 0 unspecified atom stereocenters. The molecule has 0 spiro atoms. The van der Waals surface area contributed by atoms with Crippen LogP contribution < -0.4 is 10.1 Å². The minimum absolute atomic E-state index is 0.00275. The second-order valence-corrected chi connectivity index (χ2v) is 8.34. The van der Waals surface area contributed by atoms with Gasteiger partial charge in [0.25, 0.3) is 0 Å². The van der Waals surface area contributed by atoms with E-state index in [2.05, 4.69) is 15.5 Å². The van der Waals surface area contributed by atoms with Crippen LogP contribution in [0, 0.1) is 0 Å². The number of benzene rings is 2. The van der Waals surface area contributed by atoms with Crippen molar-refractivity contribution in [3.63, 3.8) is 0 Å². The van der Waals surface area contributed by atoms with Gasteiger partial charge in [0.15, 0.2) is 11.0 Å². The van der Waals surface area contributed by atoms with Crippen molar-refractivity contribution in [3.8, 4) is 5.75 Å². The van der Waals surface area contributed by atoms with E-state index in [9.17, 15) is 31.1 Å². The van der Waals surface area contributed by atoms with Gasteiger partial charge in [0.2, 0.25) is 5.91 Å². The zero-order chi connectivity index (χ0) is 25.8. The lowest BCUT2D eigenvalue weighted by atomic mass is 10.2. The molecule has 1 N–H and O–H groups in total. The second-order valence-electron chi connectivity index (χ2n) is 6.99. The molecule has 0 aliphatic rings. The van der Waals surface area contributed by atoms with Crippen LogP contribution in [0.3, 0.4) is 0 Å². The fourth-order valence-corrected chi connectivity index (χ4v) is 3.86. The molecule has 0 fully saturated rings. The maximum Gasteiger partial charge on any atom is 0.416 e. The molecule has 3 rings (SSSR count). The summed E-state index contributed by atoms with van der Waals surface area (Å²) in [6, 6.07) is 6.97. The van der Waals surface area contributed by atoms with Crippen LogP contribution in [-0.2, 0) is 30.3 Å². The number of anilines is 1. The third-order valence-corrected chi connectivity index (χ3v) is 5.84. The van der Waals surface area contributed by atoms with Crippen molar-refractivity contribution in [2.75, 3.05) is 11.1 Å². The number of alkyl halides is 6. The molecule has 1 aromatic heterocycles. The summed E-state index contributed by atoms with van der Waals surface area (Å²) in [5.41, 5.74) is -1.99. The predicted molar refractivity (Wildman–Crippen MR) is 117 cm³/mol. The van der Waals surface area contributed by atoms with Crippen LogP contribution in [0.5, 0.6) is 5.75 Å². The van der Waals surface area contributed by atoms with Gasteiger partial charge in [0, 0.05) is 6.54 Å². The van der Waals surface area contributed by atoms with E-state index in [1.54, 1.807) is 11.5 Å². The van der Waals surface area contributed by atoms with Crippen LogP contribution in [0.25, 0.3) is 0 Å². The average Bonchev–Trinajstić information content (AvgIpc) is 3.18. The fourth-order valence-electron chi connectivity index (χ4n) is 2.87. The minimum Gasteiger partial charge on any atom is -0.486 e. The molecule has 6 nitrogen and oxygen atoms in total. The highest BCUT2D eigenvalue weighted by Crippen LogP contribution is 2.34. The number of nitrogens with one attached hydrogen (secondary N) is 1. The zero-order valence-corrected chi connectivity index (χ0v) is 19.4. The summed E-state index contributed by atoms with van der Waals surface area (Å²) in [6.45, 7) is 1.97. The molecule has 0 bridgehead atoms. The van der Waals surface area contributed by atoms with Crippen LogP contribution in [0.2, 0.25) is 5.02 Å². The Bertz CT molecular complexity index is 1200. The standard InChI is InChI=1S/C21H17ClF6N4O2S/c1-2-32-17(10-34-14-5-3-4-12(8-14)20(23,24)25)30-31-19(32)35-11-18(33)29-16-9-13(21(26,27)28)6-7-15(16)22/h3-9H,2,10-11H2,1H3,(H,29,33). The Labute approximate surface area is 204 Å². The van der Waals surface area contributed by atoms with E-state index in [1.807, 2.05) is 0 Å². The number of carbonyl (C=O) groups excluding carboxylic acids is 1. The molecule has 0 saturated carbocycles. The van der Waals surface area contributed by atoms with E-state index < -0.39 is 29.4 Å². The van der Waals surface area contributed by atoms with Crippen LogP contribution in [-0.4, -0.2) is 26.4 Å². The first-order chi connectivity index (χ1) is 16.4. The number of rotatable bonds is 8. The predicted octanol–water partition coefficient (Wildman–Crippen LogP) is 6.30. The number of aromatic nitrogens is 3. The van der Waals surface area contributed by atoms with Crippen molar-refractivity contribution >= 4 is 35.0 Å². The number of thioether (sulfide) groups is 1. The highest BCUT2D eigenvalue weighted by atomic mass is 35.5. The first-order valence-electron chi connectivity index (χ1n) is 9.90. The Hall–Kier alpha value is -2.93.